The Morgan fingerprint density at radius 2 is 1.82 bits per heavy atom. The summed E-state index contributed by atoms with van der Waals surface area (Å²) >= 11 is 5.80. The van der Waals surface area contributed by atoms with E-state index >= 15 is 0 Å². The molecular formula is C31H32FN5OS. The molecule has 2 N–H and O–H groups in total. The van der Waals surface area contributed by atoms with Crippen LogP contribution in [-0.2, 0) is 4.79 Å². The Kier molecular flexibility index (Phi) is 7.48. The van der Waals surface area contributed by atoms with Crippen molar-refractivity contribution in [2.24, 2.45) is 0 Å². The minimum absolute atomic E-state index is 0.0802. The van der Waals surface area contributed by atoms with Crippen molar-refractivity contribution >= 4 is 28.9 Å². The quantitative estimate of drug-likeness (QED) is 0.271. The van der Waals surface area contributed by atoms with Crippen molar-refractivity contribution < 1.29 is 9.18 Å². The van der Waals surface area contributed by atoms with E-state index in [1.54, 1.807) is 18.3 Å². The lowest BCUT2D eigenvalue weighted by molar-refractivity contribution is -0.116. The first-order chi connectivity index (χ1) is 18.7. The molecule has 39 heavy (non-hydrogen) atoms. The molecule has 2 aromatic heterocycles. The highest BCUT2D eigenvalue weighted by atomic mass is 32.1. The molecule has 2 atom stereocenters. The summed E-state index contributed by atoms with van der Waals surface area (Å²) in [5.41, 5.74) is 7.11. The van der Waals surface area contributed by atoms with E-state index < -0.39 is 0 Å². The summed E-state index contributed by atoms with van der Waals surface area (Å²) in [6, 6.07) is 20.2. The Hall–Kier alpha value is -4.04. The molecule has 0 saturated carbocycles. The lowest BCUT2D eigenvalue weighted by Gasteiger charge is -2.28. The molecule has 0 spiro atoms. The number of aryl methyl sites for hydroxylation is 3. The minimum Gasteiger partial charge on any atom is -0.352 e. The number of hydrogen-bond donors (Lipinski definition) is 2. The van der Waals surface area contributed by atoms with Crippen molar-refractivity contribution in [3.8, 4) is 5.69 Å². The smallest absolute Gasteiger partial charge is 0.226 e. The van der Waals surface area contributed by atoms with Crippen LogP contribution in [0.1, 0.15) is 52.3 Å². The monoisotopic (exact) mass is 541 g/mol. The van der Waals surface area contributed by atoms with Crippen LogP contribution in [-0.4, -0.2) is 32.0 Å². The van der Waals surface area contributed by atoms with Crippen LogP contribution in [0.15, 0.2) is 72.9 Å². The van der Waals surface area contributed by atoms with Crippen molar-refractivity contribution in [3.05, 3.63) is 113 Å². The summed E-state index contributed by atoms with van der Waals surface area (Å²) in [6.45, 7) is 8.37. The van der Waals surface area contributed by atoms with E-state index in [0.29, 0.717) is 17.3 Å². The van der Waals surface area contributed by atoms with Crippen molar-refractivity contribution in [2.75, 3.05) is 11.9 Å². The van der Waals surface area contributed by atoms with E-state index in [1.165, 1.54) is 6.07 Å². The number of nitrogens with zero attached hydrogens (tertiary/aromatic N) is 3. The van der Waals surface area contributed by atoms with E-state index in [0.717, 1.165) is 39.5 Å². The van der Waals surface area contributed by atoms with E-state index in [4.69, 9.17) is 12.2 Å². The number of halogens is 1. The highest BCUT2D eigenvalue weighted by Crippen LogP contribution is 2.41. The second-order valence-electron chi connectivity index (χ2n) is 10.0. The summed E-state index contributed by atoms with van der Waals surface area (Å²) in [5.74, 6) is -0.365. The van der Waals surface area contributed by atoms with Gasteiger partial charge in [-0.15, -0.1) is 0 Å². The number of rotatable bonds is 7. The molecule has 0 aliphatic carbocycles. The number of para-hydroxylation sites is 1. The summed E-state index contributed by atoms with van der Waals surface area (Å²) in [5, 5.41) is 7.06. The van der Waals surface area contributed by atoms with Gasteiger partial charge in [-0.3, -0.25) is 9.78 Å². The normalized spacial score (nSPS) is 16.8. The molecule has 3 heterocycles. The molecule has 6 nitrogen and oxygen atoms in total. The van der Waals surface area contributed by atoms with E-state index in [-0.39, 0.29) is 30.2 Å². The number of nitrogens with one attached hydrogen (secondary N) is 2. The lowest BCUT2D eigenvalue weighted by atomic mass is 9.96. The van der Waals surface area contributed by atoms with Crippen LogP contribution < -0.4 is 10.6 Å². The highest BCUT2D eigenvalue weighted by molar-refractivity contribution is 7.80. The average molecular weight is 542 g/mol. The van der Waals surface area contributed by atoms with Gasteiger partial charge >= 0.3 is 0 Å². The van der Waals surface area contributed by atoms with Crippen molar-refractivity contribution in [2.45, 2.75) is 46.2 Å². The van der Waals surface area contributed by atoms with Crippen LogP contribution in [0.25, 0.3) is 5.69 Å². The molecule has 1 amide bonds. The number of carbonyl (C=O) groups excluding carboxylic acids is 1. The van der Waals surface area contributed by atoms with Crippen LogP contribution in [0.3, 0.4) is 0 Å². The molecule has 1 saturated heterocycles. The van der Waals surface area contributed by atoms with E-state index in [2.05, 4.69) is 26.6 Å². The molecule has 0 bridgehead atoms. The predicted molar refractivity (Wildman–Crippen MR) is 157 cm³/mol. The molecule has 1 fully saturated rings. The van der Waals surface area contributed by atoms with Gasteiger partial charge in [0, 0.05) is 36.2 Å². The third kappa shape index (κ3) is 5.29. The summed E-state index contributed by atoms with van der Waals surface area (Å²) in [6.07, 6.45) is 2.02. The third-order valence-electron chi connectivity index (χ3n) is 7.33. The zero-order chi connectivity index (χ0) is 27.7. The van der Waals surface area contributed by atoms with Crippen LogP contribution in [0.2, 0.25) is 0 Å². The molecule has 1 aliphatic heterocycles. The average Bonchev–Trinajstić information content (AvgIpc) is 3.40. The van der Waals surface area contributed by atoms with Crippen LogP contribution in [0, 0.1) is 33.5 Å². The fraction of sp³-hybridized carbons (Fsp3) is 0.258. The van der Waals surface area contributed by atoms with Gasteiger partial charge in [-0.1, -0.05) is 30.3 Å². The Morgan fingerprint density at radius 3 is 2.56 bits per heavy atom. The van der Waals surface area contributed by atoms with E-state index in [9.17, 15) is 9.18 Å². The van der Waals surface area contributed by atoms with Gasteiger partial charge in [0.2, 0.25) is 5.91 Å². The maximum absolute atomic E-state index is 14.8. The van der Waals surface area contributed by atoms with Gasteiger partial charge in [0.15, 0.2) is 5.11 Å². The molecule has 2 aromatic carbocycles. The van der Waals surface area contributed by atoms with Gasteiger partial charge in [-0.25, -0.2) is 4.39 Å². The van der Waals surface area contributed by atoms with Crippen molar-refractivity contribution in [3.63, 3.8) is 0 Å². The van der Waals surface area contributed by atoms with Crippen molar-refractivity contribution in [1.29, 1.82) is 0 Å². The first kappa shape index (κ1) is 26.6. The van der Waals surface area contributed by atoms with Crippen LogP contribution in [0.4, 0.5) is 10.1 Å². The third-order valence-corrected chi connectivity index (χ3v) is 7.68. The molecule has 4 aromatic rings. The van der Waals surface area contributed by atoms with Gasteiger partial charge in [0.25, 0.3) is 0 Å². The number of carbonyl (C=O) groups is 1. The highest BCUT2D eigenvalue weighted by Gasteiger charge is 2.41. The zero-order valence-corrected chi connectivity index (χ0v) is 23.3. The number of benzene rings is 2. The van der Waals surface area contributed by atoms with Gasteiger partial charge in [0.1, 0.15) is 5.82 Å². The standard InChI is InChI=1S/C31H32FN5OS/c1-19-12-13-20(2)26(17-19)34-28(38)14-16-36-30(29(35-31(36)39)25-10-7-8-15-33-25)23-18-21(3)37(22(23)4)27-11-6-5-9-24(27)32/h5-13,15,17-18,29-30H,14,16H2,1-4H3,(H,34,38)(H,35,39)/t29-,30+/m0/s1. The largest absolute Gasteiger partial charge is 0.352 e. The SMILES string of the molecule is Cc1ccc(C)c(NC(=O)CCN2C(=S)N[C@@H](c3ccccn3)[C@H]2c2cc(C)n(-c3ccccc3F)c2C)c1. The number of amides is 1. The maximum Gasteiger partial charge on any atom is 0.226 e. The predicted octanol–water partition coefficient (Wildman–Crippen LogP) is 6.25. The van der Waals surface area contributed by atoms with Gasteiger partial charge in [-0.2, -0.15) is 0 Å². The molecule has 0 radical (unpaired) electrons. The molecule has 0 unspecified atom stereocenters. The lowest BCUT2D eigenvalue weighted by Crippen LogP contribution is -2.33. The van der Waals surface area contributed by atoms with Crippen LogP contribution >= 0.6 is 12.2 Å². The second kappa shape index (κ2) is 11.0. The second-order valence-corrected chi connectivity index (χ2v) is 10.4. The Balaban J connectivity index is 1.48. The van der Waals surface area contributed by atoms with Gasteiger partial charge in [-0.05, 0) is 93.0 Å². The summed E-state index contributed by atoms with van der Waals surface area (Å²) in [7, 11) is 0. The Bertz CT molecular complexity index is 1530. The van der Waals surface area contributed by atoms with Gasteiger partial charge < -0.3 is 20.1 Å². The Labute approximate surface area is 233 Å². The maximum atomic E-state index is 14.8. The summed E-state index contributed by atoms with van der Waals surface area (Å²) in [4.78, 5) is 19.7. The summed E-state index contributed by atoms with van der Waals surface area (Å²) < 4.78 is 16.8. The number of hydrogen-bond acceptors (Lipinski definition) is 3. The number of thiocarbonyl (C=S) groups is 1. The number of pyridine rings is 1. The number of aromatic nitrogens is 2. The molecule has 1 aliphatic rings. The molecular weight excluding hydrogens is 509 g/mol. The first-order valence-corrected chi connectivity index (χ1v) is 13.4. The van der Waals surface area contributed by atoms with Crippen molar-refractivity contribution in [1.82, 2.24) is 19.8 Å². The topological polar surface area (TPSA) is 62.2 Å². The molecule has 200 valence electrons. The van der Waals surface area contributed by atoms with E-state index in [1.807, 2.05) is 74.7 Å². The molecule has 5 rings (SSSR count). The Morgan fingerprint density at radius 1 is 1.05 bits per heavy atom. The fourth-order valence-electron chi connectivity index (χ4n) is 5.38. The number of anilines is 1. The van der Waals surface area contributed by atoms with Gasteiger partial charge in [0.05, 0.1) is 23.5 Å². The molecule has 8 heteroatoms. The fourth-order valence-corrected chi connectivity index (χ4v) is 5.71. The first-order valence-electron chi connectivity index (χ1n) is 13.0. The zero-order valence-electron chi connectivity index (χ0n) is 22.5. The minimum atomic E-state index is -0.285. The van der Waals surface area contributed by atoms with Crippen LogP contribution in [0.5, 0.6) is 0 Å².